The molecule has 3 aliphatic rings. The highest BCUT2D eigenvalue weighted by atomic mass is 16.2. The molecule has 4 atom stereocenters. The molecular weight excluding hydrogens is 314 g/mol. The Morgan fingerprint density at radius 3 is 2.96 bits per heavy atom. The van der Waals surface area contributed by atoms with Gasteiger partial charge in [-0.1, -0.05) is 6.42 Å². The minimum atomic E-state index is -0.0180. The summed E-state index contributed by atoms with van der Waals surface area (Å²) < 4.78 is 1.66. The number of rotatable bonds is 3. The number of carbonyl (C=O) groups is 1. The Bertz CT molecular complexity index is 815. The first-order chi connectivity index (χ1) is 12.2. The minimum Gasteiger partial charge on any atom is -0.333 e. The van der Waals surface area contributed by atoms with E-state index in [4.69, 9.17) is 0 Å². The number of aryl methyl sites for hydroxylation is 1. The van der Waals surface area contributed by atoms with Gasteiger partial charge in [-0.2, -0.15) is 4.98 Å². The van der Waals surface area contributed by atoms with Gasteiger partial charge in [0.15, 0.2) is 0 Å². The molecule has 2 aromatic rings. The molecule has 6 nitrogen and oxygen atoms in total. The highest BCUT2D eigenvalue weighted by Crippen LogP contribution is 2.50. The Morgan fingerprint density at radius 2 is 2.20 bits per heavy atom. The number of amides is 1. The van der Waals surface area contributed by atoms with E-state index in [0.717, 1.165) is 42.8 Å². The smallest absolute Gasteiger partial charge is 0.293 e. The van der Waals surface area contributed by atoms with Gasteiger partial charge >= 0.3 is 0 Å². The van der Waals surface area contributed by atoms with E-state index < -0.39 is 0 Å². The molecule has 0 aromatic carbocycles. The molecule has 3 fully saturated rings. The Hall–Kier alpha value is -1.98. The minimum absolute atomic E-state index is 0.0180. The van der Waals surface area contributed by atoms with Crippen LogP contribution in [0.1, 0.15) is 61.3 Å². The Kier molecular flexibility index (Phi) is 3.54. The van der Waals surface area contributed by atoms with Crippen LogP contribution < -0.4 is 0 Å². The molecule has 0 radical (unpaired) electrons. The SMILES string of the molecule is Cc1ccnc2nc(C(=O)N3CCCC3CC3CC4CCC3C4)nn12. The second-order valence-electron chi connectivity index (χ2n) is 8.20. The van der Waals surface area contributed by atoms with E-state index in [2.05, 4.69) is 15.1 Å². The van der Waals surface area contributed by atoms with Crippen molar-refractivity contribution in [2.75, 3.05) is 6.54 Å². The fourth-order valence-corrected chi connectivity index (χ4v) is 5.49. The summed E-state index contributed by atoms with van der Waals surface area (Å²) in [6.45, 7) is 2.79. The van der Waals surface area contributed by atoms with E-state index in [-0.39, 0.29) is 5.91 Å². The molecule has 6 heteroatoms. The molecule has 5 rings (SSSR count). The van der Waals surface area contributed by atoms with Crippen LogP contribution in [0.4, 0.5) is 0 Å². The molecule has 2 aliphatic carbocycles. The molecular formula is C19H25N5O. The Morgan fingerprint density at radius 1 is 1.28 bits per heavy atom. The maximum Gasteiger partial charge on any atom is 0.293 e. The predicted octanol–water partition coefficient (Wildman–Crippen LogP) is 2.86. The first kappa shape index (κ1) is 15.3. The van der Waals surface area contributed by atoms with Crippen molar-refractivity contribution in [2.24, 2.45) is 17.8 Å². The summed E-state index contributed by atoms with van der Waals surface area (Å²) in [5.74, 6) is 3.50. The fourth-order valence-electron chi connectivity index (χ4n) is 5.49. The second kappa shape index (κ2) is 5.78. The lowest BCUT2D eigenvalue weighted by Crippen LogP contribution is -2.38. The molecule has 2 saturated carbocycles. The second-order valence-corrected chi connectivity index (χ2v) is 8.20. The molecule has 132 valence electrons. The molecule has 1 amide bonds. The van der Waals surface area contributed by atoms with Crippen molar-refractivity contribution in [3.05, 3.63) is 23.8 Å². The zero-order chi connectivity index (χ0) is 17.0. The zero-order valence-electron chi connectivity index (χ0n) is 14.8. The predicted molar refractivity (Wildman–Crippen MR) is 93.1 cm³/mol. The van der Waals surface area contributed by atoms with Gasteiger partial charge in [-0.25, -0.2) is 9.50 Å². The average Bonchev–Trinajstić information content (AvgIpc) is 3.38. The number of nitrogens with zero attached hydrogens (tertiary/aromatic N) is 5. The number of aromatic nitrogens is 4. The largest absolute Gasteiger partial charge is 0.333 e. The molecule has 25 heavy (non-hydrogen) atoms. The molecule has 4 unspecified atom stereocenters. The van der Waals surface area contributed by atoms with Crippen LogP contribution in [-0.2, 0) is 0 Å². The summed E-state index contributed by atoms with van der Waals surface area (Å²) in [7, 11) is 0. The maximum atomic E-state index is 13.0. The van der Waals surface area contributed by atoms with Crippen LogP contribution >= 0.6 is 0 Å². The Labute approximate surface area is 147 Å². The van der Waals surface area contributed by atoms with E-state index in [1.54, 1.807) is 10.7 Å². The van der Waals surface area contributed by atoms with Crippen molar-refractivity contribution < 1.29 is 4.79 Å². The quantitative estimate of drug-likeness (QED) is 0.862. The highest BCUT2D eigenvalue weighted by molar-refractivity contribution is 5.91. The van der Waals surface area contributed by atoms with Crippen LogP contribution in [0.5, 0.6) is 0 Å². The summed E-state index contributed by atoms with van der Waals surface area (Å²) in [6.07, 6.45) is 10.8. The number of likely N-dealkylation sites (tertiary alicyclic amines) is 1. The van der Waals surface area contributed by atoms with Gasteiger partial charge in [0.1, 0.15) is 0 Å². The maximum absolute atomic E-state index is 13.0. The van der Waals surface area contributed by atoms with Gasteiger partial charge in [0.25, 0.3) is 11.7 Å². The van der Waals surface area contributed by atoms with Crippen LogP contribution in [-0.4, -0.2) is 43.0 Å². The van der Waals surface area contributed by atoms with Gasteiger partial charge in [0.05, 0.1) is 0 Å². The third-order valence-corrected chi connectivity index (χ3v) is 6.72. The van der Waals surface area contributed by atoms with Gasteiger partial charge in [-0.15, -0.1) is 5.10 Å². The van der Waals surface area contributed by atoms with Crippen LogP contribution in [0, 0.1) is 24.7 Å². The molecule has 1 saturated heterocycles. The summed E-state index contributed by atoms with van der Waals surface area (Å²) >= 11 is 0. The number of carbonyl (C=O) groups excluding carboxylic acids is 1. The van der Waals surface area contributed by atoms with Crippen molar-refractivity contribution >= 4 is 11.7 Å². The van der Waals surface area contributed by atoms with Crippen LogP contribution in [0.3, 0.4) is 0 Å². The summed E-state index contributed by atoms with van der Waals surface area (Å²) in [6, 6.07) is 2.25. The third-order valence-electron chi connectivity index (χ3n) is 6.72. The van der Waals surface area contributed by atoms with E-state index in [0.29, 0.717) is 17.6 Å². The van der Waals surface area contributed by atoms with Gasteiger partial charge in [0.2, 0.25) is 5.82 Å². The first-order valence-corrected chi connectivity index (χ1v) is 9.68. The molecule has 0 spiro atoms. The normalized spacial score (nSPS) is 31.3. The number of fused-ring (bicyclic) bond motifs is 3. The third kappa shape index (κ3) is 2.53. The van der Waals surface area contributed by atoms with E-state index in [9.17, 15) is 4.79 Å². The standard InChI is InChI=1S/C19H25N5O/c1-12-6-7-20-19-21-17(22-24(12)19)18(25)23-8-2-3-16(23)11-15-10-13-4-5-14(15)9-13/h6-7,13-16H,2-5,8-11H2,1H3. The van der Waals surface area contributed by atoms with Crippen molar-refractivity contribution in [1.82, 2.24) is 24.5 Å². The number of hydrogen-bond donors (Lipinski definition) is 0. The molecule has 1 aliphatic heterocycles. The highest BCUT2D eigenvalue weighted by Gasteiger charge is 2.42. The van der Waals surface area contributed by atoms with Crippen LogP contribution in [0.2, 0.25) is 0 Å². The monoisotopic (exact) mass is 339 g/mol. The number of hydrogen-bond acceptors (Lipinski definition) is 4. The van der Waals surface area contributed by atoms with Gasteiger partial charge < -0.3 is 4.90 Å². The fraction of sp³-hybridized carbons (Fsp3) is 0.684. The summed E-state index contributed by atoms with van der Waals surface area (Å²) in [5, 5.41) is 4.41. The van der Waals surface area contributed by atoms with Gasteiger partial charge in [0, 0.05) is 24.5 Å². The molecule has 0 N–H and O–H groups in total. The lowest BCUT2D eigenvalue weighted by atomic mass is 9.83. The lowest BCUT2D eigenvalue weighted by molar-refractivity contribution is 0.0695. The van der Waals surface area contributed by atoms with Crippen LogP contribution in [0.25, 0.3) is 5.78 Å². The van der Waals surface area contributed by atoms with Gasteiger partial charge in [-0.05, 0) is 69.3 Å². The Balaban J connectivity index is 1.35. The topological polar surface area (TPSA) is 63.4 Å². The van der Waals surface area contributed by atoms with E-state index in [1.165, 1.54) is 32.1 Å². The first-order valence-electron chi connectivity index (χ1n) is 9.68. The lowest BCUT2D eigenvalue weighted by Gasteiger charge is -2.29. The van der Waals surface area contributed by atoms with E-state index in [1.807, 2.05) is 17.9 Å². The van der Waals surface area contributed by atoms with Crippen molar-refractivity contribution in [2.45, 2.75) is 57.9 Å². The van der Waals surface area contributed by atoms with Gasteiger partial charge in [-0.3, -0.25) is 4.79 Å². The zero-order valence-corrected chi connectivity index (χ0v) is 14.8. The van der Waals surface area contributed by atoms with Crippen molar-refractivity contribution in [3.63, 3.8) is 0 Å². The average molecular weight is 339 g/mol. The van der Waals surface area contributed by atoms with Crippen molar-refractivity contribution in [3.8, 4) is 0 Å². The summed E-state index contributed by atoms with van der Waals surface area (Å²) in [4.78, 5) is 23.7. The van der Waals surface area contributed by atoms with Crippen molar-refractivity contribution in [1.29, 1.82) is 0 Å². The molecule has 2 bridgehead atoms. The summed E-state index contributed by atoms with van der Waals surface area (Å²) in [5.41, 5.74) is 0.941. The van der Waals surface area contributed by atoms with E-state index >= 15 is 0 Å². The molecule has 3 heterocycles. The molecule has 2 aromatic heterocycles. The van der Waals surface area contributed by atoms with Crippen LogP contribution in [0.15, 0.2) is 12.3 Å².